The second-order valence-corrected chi connectivity index (χ2v) is 6.81. The van der Waals surface area contributed by atoms with Crippen LogP contribution in [0.1, 0.15) is 103 Å². The SMILES string of the molecule is C=CCCCCCCCCCCCCCC.CCc1ccccc1. The van der Waals surface area contributed by atoms with E-state index in [9.17, 15) is 0 Å². The second-order valence-electron chi connectivity index (χ2n) is 6.81. The van der Waals surface area contributed by atoms with Crippen LogP contribution >= 0.6 is 0 Å². The molecule has 0 spiro atoms. The Hall–Kier alpha value is -1.04. The minimum Gasteiger partial charge on any atom is -0.103 e. The van der Waals surface area contributed by atoms with Gasteiger partial charge in [-0.3, -0.25) is 0 Å². The summed E-state index contributed by atoms with van der Waals surface area (Å²) in [7, 11) is 0. The molecule has 0 heteroatoms. The quantitative estimate of drug-likeness (QED) is 0.237. The molecule has 0 heterocycles. The van der Waals surface area contributed by atoms with Gasteiger partial charge >= 0.3 is 0 Å². The lowest BCUT2D eigenvalue weighted by atomic mass is 10.0. The van der Waals surface area contributed by atoms with Gasteiger partial charge in [0, 0.05) is 0 Å². The number of rotatable bonds is 14. The summed E-state index contributed by atoms with van der Waals surface area (Å²) in [5, 5.41) is 0. The van der Waals surface area contributed by atoms with Crippen molar-refractivity contribution in [3.63, 3.8) is 0 Å². The first-order valence-corrected chi connectivity index (χ1v) is 10.5. The van der Waals surface area contributed by atoms with Crippen molar-refractivity contribution in [2.24, 2.45) is 0 Å². The van der Waals surface area contributed by atoms with E-state index in [4.69, 9.17) is 0 Å². The van der Waals surface area contributed by atoms with Gasteiger partial charge in [-0.15, -0.1) is 6.58 Å². The molecule has 0 aromatic heterocycles. The molecule has 0 N–H and O–H groups in total. The second kappa shape index (κ2) is 20.0. The maximum Gasteiger partial charge on any atom is -0.0307 e. The average molecular weight is 331 g/mol. The summed E-state index contributed by atoms with van der Waals surface area (Å²) in [6.07, 6.45) is 21.6. The fraction of sp³-hybridized carbons (Fsp3) is 0.667. The predicted molar refractivity (Wildman–Crippen MR) is 112 cm³/mol. The van der Waals surface area contributed by atoms with Gasteiger partial charge in [-0.2, -0.15) is 0 Å². The van der Waals surface area contributed by atoms with Crippen LogP contribution in [0, 0.1) is 0 Å². The molecule has 0 atom stereocenters. The van der Waals surface area contributed by atoms with Crippen molar-refractivity contribution in [1.82, 2.24) is 0 Å². The van der Waals surface area contributed by atoms with E-state index in [1.807, 2.05) is 12.1 Å². The van der Waals surface area contributed by atoms with Crippen LogP contribution in [-0.2, 0) is 6.42 Å². The van der Waals surface area contributed by atoms with Crippen molar-refractivity contribution in [3.8, 4) is 0 Å². The first-order chi connectivity index (χ1) is 11.8. The largest absolute Gasteiger partial charge is 0.103 e. The minimum atomic E-state index is 1.14. The minimum absolute atomic E-state index is 1.14. The lowest BCUT2D eigenvalue weighted by Crippen LogP contribution is -1.82. The summed E-state index contributed by atoms with van der Waals surface area (Å²) in [6.45, 7) is 8.20. The third-order valence-corrected chi connectivity index (χ3v) is 4.51. The maximum atomic E-state index is 3.75. The number of allylic oxidation sites excluding steroid dienone is 1. The third-order valence-electron chi connectivity index (χ3n) is 4.51. The van der Waals surface area contributed by atoms with Crippen molar-refractivity contribution in [3.05, 3.63) is 48.6 Å². The van der Waals surface area contributed by atoms with Gasteiger partial charge in [-0.1, -0.05) is 121 Å². The Balaban J connectivity index is 0.000000546. The standard InChI is InChI=1S/C16H32.C8H10/c1-3-5-7-9-11-13-15-16-14-12-10-8-6-4-2;1-2-8-6-4-3-5-7-8/h3H,1,4-16H2,2H3;3-7H,2H2,1H3. The summed E-state index contributed by atoms with van der Waals surface area (Å²) in [6, 6.07) is 10.5. The molecule has 0 aliphatic heterocycles. The van der Waals surface area contributed by atoms with Crippen molar-refractivity contribution in [1.29, 1.82) is 0 Å². The van der Waals surface area contributed by atoms with E-state index < -0.39 is 0 Å². The van der Waals surface area contributed by atoms with Crippen molar-refractivity contribution in [2.75, 3.05) is 0 Å². The summed E-state index contributed by atoms with van der Waals surface area (Å²) < 4.78 is 0. The Bertz CT molecular complexity index is 338. The van der Waals surface area contributed by atoms with Gasteiger partial charge < -0.3 is 0 Å². The zero-order valence-electron chi connectivity index (χ0n) is 16.6. The summed E-state index contributed by atoms with van der Waals surface area (Å²) in [5.41, 5.74) is 1.41. The van der Waals surface area contributed by atoms with Crippen LogP contribution in [-0.4, -0.2) is 0 Å². The summed E-state index contributed by atoms with van der Waals surface area (Å²) in [4.78, 5) is 0. The molecule has 24 heavy (non-hydrogen) atoms. The van der Waals surface area contributed by atoms with E-state index in [1.54, 1.807) is 0 Å². The molecule has 0 radical (unpaired) electrons. The van der Waals surface area contributed by atoms with E-state index in [1.165, 1.54) is 89.0 Å². The number of unbranched alkanes of at least 4 members (excludes halogenated alkanes) is 12. The molecule has 1 aromatic carbocycles. The molecule has 0 saturated heterocycles. The van der Waals surface area contributed by atoms with Crippen LogP contribution in [0.2, 0.25) is 0 Å². The van der Waals surface area contributed by atoms with E-state index >= 15 is 0 Å². The summed E-state index contributed by atoms with van der Waals surface area (Å²) >= 11 is 0. The molecule has 0 aliphatic carbocycles. The third kappa shape index (κ3) is 17.3. The molecule has 0 aliphatic rings. The molecule has 0 fully saturated rings. The average Bonchev–Trinajstić information content (AvgIpc) is 2.64. The van der Waals surface area contributed by atoms with Gasteiger partial charge in [-0.25, -0.2) is 0 Å². The number of hydrogen-bond donors (Lipinski definition) is 0. The number of aryl methyl sites for hydroxylation is 1. The van der Waals surface area contributed by atoms with Crippen molar-refractivity contribution >= 4 is 0 Å². The number of benzene rings is 1. The molecule has 0 saturated carbocycles. The number of hydrogen-bond acceptors (Lipinski definition) is 0. The van der Waals surface area contributed by atoms with Crippen LogP contribution in [0.4, 0.5) is 0 Å². The van der Waals surface area contributed by atoms with Gasteiger partial charge in [0.15, 0.2) is 0 Å². The van der Waals surface area contributed by atoms with Crippen LogP contribution in [0.5, 0.6) is 0 Å². The van der Waals surface area contributed by atoms with E-state index in [0.29, 0.717) is 0 Å². The highest BCUT2D eigenvalue weighted by molar-refractivity contribution is 5.13. The topological polar surface area (TPSA) is 0 Å². The highest BCUT2D eigenvalue weighted by Crippen LogP contribution is 2.12. The molecular weight excluding hydrogens is 288 g/mol. The molecule has 1 aromatic rings. The van der Waals surface area contributed by atoms with Gasteiger partial charge in [0.2, 0.25) is 0 Å². The summed E-state index contributed by atoms with van der Waals surface area (Å²) in [5.74, 6) is 0. The van der Waals surface area contributed by atoms with Crippen LogP contribution in [0.25, 0.3) is 0 Å². The monoisotopic (exact) mass is 330 g/mol. The lowest BCUT2D eigenvalue weighted by Gasteiger charge is -2.02. The molecule has 0 unspecified atom stereocenters. The van der Waals surface area contributed by atoms with E-state index in [-0.39, 0.29) is 0 Å². The van der Waals surface area contributed by atoms with Gasteiger partial charge in [0.1, 0.15) is 0 Å². The first-order valence-electron chi connectivity index (χ1n) is 10.5. The fourth-order valence-electron chi connectivity index (χ4n) is 2.84. The van der Waals surface area contributed by atoms with Crippen LogP contribution < -0.4 is 0 Å². The molecule has 0 amide bonds. The maximum absolute atomic E-state index is 3.75. The Morgan fingerprint density at radius 1 is 0.667 bits per heavy atom. The van der Waals surface area contributed by atoms with E-state index in [2.05, 4.69) is 44.7 Å². The fourth-order valence-corrected chi connectivity index (χ4v) is 2.84. The molecule has 1 rings (SSSR count). The van der Waals surface area contributed by atoms with Crippen molar-refractivity contribution in [2.45, 2.75) is 104 Å². The molecule has 0 nitrogen and oxygen atoms in total. The van der Waals surface area contributed by atoms with Crippen molar-refractivity contribution < 1.29 is 0 Å². The van der Waals surface area contributed by atoms with Crippen LogP contribution in [0.3, 0.4) is 0 Å². The molecule has 0 bridgehead atoms. The predicted octanol–water partition coefficient (Wildman–Crippen LogP) is 8.51. The lowest BCUT2D eigenvalue weighted by molar-refractivity contribution is 0.545. The molecule has 138 valence electrons. The zero-order chi connectivity index (χ0) is 17.7. The highest BCUT2D eigenvalue weighted by atomic mass is 14.0. The van der Waals surface area contributed by atoms with Gasteiger partial charge in [0.05, 0.1) is 0 Å². The Morgan fingerprint density at radius 2 is 1.12 bits per heavy atom. The zero-order valence-corrected chi connectivity index (χ0v) is 16.6. The normalized spacial score (nSPS) is 10.1. The van der Waals surface area contributed by atoms with Gasteiger partial charge in [0.25, 0.3) is 0 Å². The van der Waals surface area contributed by atoms with Gasteiger partial charge in [-0.05, 0) is 24.8 Å². The smallest absolute Gasteiger partial charge is 0.0307 e. The Morgan fingerprint density at radius 3 is 1.50 bits per heavy atom. The van der Waals surface area contributed by atoms with E-state index in [0.717, 1.165) is 6.42 Å². The Kier molecular flexibility index (Phi) is 19.1. The first kappa shape index (κ1) is 23.0. The highest BCUT2D eigenvalue weighted by Gasteiger charge is 1.92. The van der Waals surface area contributed by atoms with Crippen LogP contribution in [0.15, 0.2) is 43.0 Å². The Labute approximate surface area is 152 Å². The molecular formula is C24H42.